The Morgan fingerprint density at radius 3 is 2.56 bits per heavy atom. The van der Waals surface area contributed by atoms with E-state index in [2.05, 4.69) is 35.9 Å². The second-order valence-electron chi connectivity index (χ2n) is 8.61. The summed E-state index contributed by atoms with van der Waals surface area (Å²) in [4.78, 5) is 29.5. The van der Waals surface area contributed by atoms with Gasteiger partial charge in [0.1, 0.15) is 28.2 Å². The normalized spacial score (nSPS) is 11.6. The number of nitrogens with zero attached hydrogens (tertiary/aromatic N) is 5. The van der Waals surface area contributed by atoms with Crippen LogP contribution in [-0.4, -0.2) is 29.6 Å². The first kappa shape index (κ1) is 25.5. The smallest absolute Gasteiger partial charge is 0.276 e. The molecule has 0 aliphatic carbocycles. The third-order valence-electron chi connectivity index (χ3n) is 5.31. The molecule has 0 aliphatic rings. The maximum absolute atomic E-state index is 14.7. The maximum Gasteiger partial charge on any atom is 0.276 e. The SMILES string of the molecule is Cc1ccc(-c2nc(C(C)(C)O)ncc2F)cc1-n1c(C)nc(OCc2cccc(F)n2)c(Br)c1=O. The molecule has 36 heavy (non-hydrogen) atoms. The lowest BCUT2D eigenvalue weighted by Crippen LogP contribution is -2.24. The fraction of sp³-hybridized carbons (Fsp3) is 0.240. The first-order valence-electron chi connectivity index (χ1n) is 10.9. The molecule has 0 spiro atoms. The van der Waals surface area contributed by atoms with E-state index in [0.717, 1.165) is 11.8 Å². The van der Waals surface area contributed by atoms with Crippen LogP contribution >= 0.6 is 15.9 Å². The van der Waals surface area contributed by atoms with Gasteiger partial charge >= 0.3 is 0 Å². The number of hydrogen-bond acceptors (Lipinski definition) is 7. The predicted molar refractivity (Wildman–Crippen MR) is 132 cm³/mol. The van der Waals surface area contributed by atoms with Gasteiger partial charge in [-0.25, -0.2) is 19.3 Å². The van der Waals surface area contributed by atoms with Gasteiger partial charge in [-0.05, 0) is 67.4 Å². The second-order valence-corrected chi connectivity index (χ2v) is 9.40. The van der Waals surface area contributed by atoms with Crippen LogP contribution in [0.5, 0.6) is 5.88 Å². The first-order chi connectivity index (χ1) is 17.0. The summed E-state index contributed by atoms with van der Waals surface area (Å²) in [5.41, 5.74) is 0.0906. The zero-order valence-corrected chi connectivity index (χ0v) is 21.5. The zero-order chi connectivity index (χ0) is 26.2. The van der Waals surface area contributed by atoms with Crippen molar-refractivity contribution in [3.63, 3.8) is 0 Å². The van der Waals surface area contributed by atoms with Gasteiger partial charge in [0, 0.05) is 5.56 Å². The number of pyridine rings is 1. The van der Waals surface area contributed by atoms with Gasteiger partial charge in [-0.3, -0.25) is 9.36 Å². The van der Waals surface area contributed by atoms with Gasteiger partial charge in [-0.1, -0.05) is 18.2 Å². The molecule has 4 aromatic rings. The van der Waals surface area contributed by atoms with Crippen LogP contribution in [0.25, 0.3) is 16.9 Å². The summed E-state index contributed by atoms with van der Waals surface area (Å²) in [5.74, 6) is -0.903. The van der Waals surface area contributed by atoms with Crippen LogP contribution in [0.3, 0.4) is 0 Å². The summed E-state index contributed by atoms with van der Waals surface area (Å²) in [6.07, 6.45) is 1.00. The monoisotopic (exact) mass is 557 g/mol. The largest absolute Gasteiger partial charge is 0.470 e. The van der Waals surface area contributed by atoms with E-state index in [1.807, 2.05) is 0 Å². The van der Waals surface area contributed by atoms with Crippen LogP contribution in [0.4, 0.5) is 8.78 Å². The highest BCUT2D eigenvalue weighted by atomic mass is 79.9. The van der Waals surface area contributed by atoms with Crippen LogP contribution in [0.1, 0.15) is 36.8 Å². The van der Waals surface area contributed by atoms with Gasteiger partial charge in [0.25, 0.3) is 5.56 Å². The number of ether oxygens (including phenoxy) is 1. The average Bonchev–Trinajstić information content (AvgIpc) is 2.81. The molecule has 0 unspecified atom stereocenters. The molecule has 4 rings (SSSR count). The fourth-order valence-corrected chi connectivity index (χ4v) is 3.88. The lowest BCUT2D eigenvalue weighted by atomic mass is 10.1. The molecular formula is C25H22BrF2N5O3. The van der Waals surface area contributed by atoms with Gasteiger partial charge in [0.2, 0.25) is 11.8 Å². The summed E-state index contributed by atoms with van der Waals surface area (Å²) in [5, 5.41) is 10.2. The zero-order valence-electron chi connectivity index (χ0n) is 19.9. The van der Waals surface area contributed by atoms with Crippen molar-refractivity contribution in [1.82, 2.24) is 24.5 Å². The summed E-state index contributed by atoms with van der Waals surface area (Å²) < 4.78 is 35.1. The molecule has 186 valence electrons. The lowest BCUT2D eigenvalue weighted by molar-refractivity contribution is 0.0686. The van der Waals surface area contributed by atoms with Crippen molar-refractivity contribution in [3.8, 4) is 22.8 Å². The molecule has 0 bridgehead atoms. The molecule has 8 nitrogen and oxygen atoms in total. The standard InChI is InChI=1S/C25H22BrF2N5O3/c1-13-8-9-15(21-17(27)11-29-24(32-21)25(3,4)35)10-18(13)33-14(2)30-22(20(26)23(33)34)36-12-16-6-5-7-19(28)31-16/h5-11,35H,12H2,1-4H3. The van der Waals surface area contributed by atoms with Crippen LogP contribution in [0, 0.1) is 25.6 Å². The van der Waals surface area contributed by atoms with Gasteiger partial charge in [-0.2, -0.15) is 9.37 Å². The second kappa shape index (κ2) is 9.82. The Morgan fingerprint density at radius 1 is 1.11 bits per heavy atom. The Kier molecular flexibility index (Phi) is 6.96. The number of benzene rings is 1. The Labute approximate surface area is 213 Å². The van der Waals surface area contributed by atoms with Gasteiger partial charge in [0.05, 0.1) is 17.6 Å². The van der Waals surface area contributed by atoms with Gasteiger partial charge < -0.3 is 9.84 Å². The number of aromatic nitrogens is 5. The van der Waals surface area contributed by atoms with E-state index in [1.165, 1.54) is 30.5 Å². The molecule has 1 aromatic carbocycles. The molecule has 0 amide bonds. The van der Waals surface area contributed by atoms with E-state index in [-0.39, 0.29) is 28.5 Å². The third kappa shape index (κ3) is 5.17. The van der Waals surface area contributed by atoms with Crippen molar-refractivity contribution in [1.29, 1.82) is 0 Å². The Hall–Kier alpha value is -3.57. The summed E-state index contributed by atoms with van der Waals surface area (Å²) in [7, 11) is 0. The van der Waals surface area contributed by atoms with E-state index in [1.54, 1.807) is 38.1 Å². The minimum absolute atomic E-state index is 0.0105. The quantitative estimate of drug-likeness (QED) is 0.347. The minimum Gasteiger partial charge on any atom is -0.470 e. The molecule has 0 saturated heterocycles. The molecule has 1 N–H and O–H groups in total. The molecule has 3 heterocycles. The van der Waals surface area contributed by atoms with E-state index >= 15 is 0 Å². The molecule has 0 saturated carbocycles. The lowest BCUT2D eigenvalue weighted by Gasteiger charge is -2.18. The summed E-state index contributed by atoms with van der Waals surface area (Å²) >= 11 is 3.26. The van der Waals surface area contributed by atoms with Crippen molar-refractivity contribution in [2.24, 2.45) is 0 Å². The van der Waals surface area contributed by atoms with Crippen LogP contribution in [0.15, 0.2) is 51.9 Å². The van der Waals surface area contributed by atoms with Gasteiger partial charge in [-0.15, -0.1) is 0 Å². The van der Waals surface area contributed by atoms with E-state index < -0.39 is 22.9 Å². The molecular weight excluding hydrogens is 536 g/mol. The number of hydrogen-bond donors (Lipinski definition) is 1. The molecule has 0 radical (unpaired) electrons. The van der Waals surface area contributed by atoms with E-state index in [9.17, 15) is 18.7 Å². The molecule has 0 atom stereocenters. The average molecular weight is 558 g/mol. The minimum atomic E-state index is -1.37. The first-order valence-corrected chi connectivity index (χ1v) is 11.6. The molecule has 3 aromatic heterocycles. The fourth-order valence-electron chi connectivity index (χ4n) is 3.50. The van der Waals surface area contributed by atoms with Crippen LogP contribution in [-0.2, 0) is 12.2 Å². The van der Waals surface area contributed by atoms with Crippen molar-refractivity contribution in [2.75, 3.05) is 0 Å². The topological polar surface area (TPSA) is 103 Å². The van der Waals surface area contributed by atoms with Crippen molar-refractivity contribution >= 4 is 15.9 Å². The molecule has 0 fully saturated rings. The summed E-state index contributed by atoms with van der Waals surface area (Å²) in [6.45, 7) is 6.36. The Morgan fingerprint density at radius 2 is 1.86 bits per heavy atom. The Bertz CT molecular complexity index is 1520. The third-order valence-corrected chi connectivity index (χ3v) is 5.99. The summed E-state index contributed by atoms with van der Waals surface area (Å²) in [6, 6.07) is 9.34. The molecule has 0 aliphatic heterocycles. The van der Waals surface area contributed by atoms with E-state index in [4.69, 9.17) is 4.74 Å². The van der Waals surface area contributed by atoms with Crippen molar-refractivity contribution in [2.45, 2.75) is 39.9 Å². The predicted octanol–water partition coefficient (Wildman–Crippen LogP) is 4.55. The Balaban J connectivity index is 1.75. The highest BCUT2D eigenvalue weighted by Crippen LogP contribution is 2.28. The number of halogens is 3. The highest BCUT2D eigenvalue weighted by molar-refractivity contribution is 9.10. The maximum atomic E-state index is 14.7. The van der Waals surface area contributed by atoms with E-state index in [0.29, 0.717) is 22.8 Å². The number of aryl methyl sites for hydroxylation is 2. The van der Waals surface area contributed by atoms with Crippen molar-refractivity contribution < 1.29 is 18.6 Å². The number of aliphatic hydroxyl groups is 1. The molecule has 11 heteroatoms. The van der Waals surface area contributed by atoms with Crippen LogP contribution in [0.2, 0.25) is 0 Å². The van der Waals surface area contributed by atoms with Crippen molar-refractivity contribution in [3.05, 3.63) is 92.1 Å². The highest BCUT2D eigenvalue weighted by Gasteiger charge is 2.23. The van der Waals surface area contributed by atoms with Gasteiger partial charge in [0.15, 0.2) is 11.6 Å². The van der Waals surface area contributed by atoms with Crippen LogP contribution < -0.4 is 10.3 Å². The number of rotatable bonds is 6.